The van der Waals surface area contributed by atoms with Gasteiger partial charge in [-0.15, -0.1) is 13.2 Å². The zero-order valence-corrected chi connectivity index (χ0v) is 25.9. The van der Waals surface area contributed by atoms with Crippen molar-refractivity contribution in [1.29, 1.82) is 0 Å². The van der Waals surface area contributed by atoms with Crippen molar-refractivity contribution in [2.45, 2.75) is 38.6 Å². The SMILES string of the molecule is Cc1cc(C(=O)N2CCN(C(N)=O)CC2)cc(C)c1/C=C/S(=O)(=O)N1CCC2(CC1)N=C(c1cccc(OC(F)(F)F)c1)NC2=O. The summed E-state index contributed by atoms with van der Waals surface area (Å²) in [4.78, 5) is 45.0. The summed E-state index contributed by atoms with van der Waals surface area (Å²) in [5.74, 6) is -1.00. The van der Waals surface area contributed by atoms with E-state index in [1.165, 1.54) is 27.4 Å². The van der Waals surface area contributed by atoms with Gasteiger partial charge in [0.2, 0.25) is 10.0 Å². The molecule has 246 valence electrons. The minimum absolute atomic E-state index is 0.00250. The predicted molar refractivity (Wildman–Crippen MR) is 162 cm³/mol. The maximum atomic E-state index is 13.3. The van der Waals surface area contributed by atoms with E-state index in [4.69, 9.17) is 5.73 Å². The summed E-state index contributed by atoms with van der Waals surface area (Å²) in [6, 6.07) is 7.97. The summed E-state index contributed by atoms with van der Waals surface area (Å²) in [5.41, 5.74) is 6.82. The zero-order valence-electron chi connectivity index (χ0n) is 25.1. The number of rotatable bonds is 6. The highest BCUT2D eigenvalue weighted by atomic mass is 32.2. The Morgan fingerprint density at radius 1 is 1.00 bits per heavy atom. The number of benzene rings is 2. The van der Waals surface area contributed by atoms with E-state index < -0.39 is 39.6 Å². The van der Waals surface area contributed by atoms with Gasteiger partial charge < -0.3 is 25.6 Å². The number of alkyl halides is 3. The number of nitrogens with one attached hydrogen (secondary N) is 1. The van der Waals surface area contributed by atoms with Crippen LogP contribution in [0.5, 0.6) is 5.75 Å². The molecule has 5 rings (SSSR count). The number of carbonyl (C=O) groups is 3. The molecule has 0 atom stereocenters. The topological polar surface area (TPSA) is 155 Å². The third-order valence-corrected chi connectivity index (χ3v) is 9.92. The van der Waals surface area contributed by atoms with Crippen molar-refractivity contribution < 1.29 is 40.7 Å². The van der Waals surface area contributed by atoms with Gasteiger partial charge in [0.25, 0.3) is 11.8 Å². The number of amides is 4. The number of aryl methyl sites for hydroxylation is 2. The van der Waals surface area contributed by atoms with Crippen LogP contribution in [0.3, 0.4) is 0 Å². The Kier molecular flexibility index (Phi) is 8.88. The van der Waals surface area contributed by atoms with Gasteiger partial charge in [-0.25, -0.2) is 13.2 Å². The molecule has 0 radical (unpaired) electrons. The minimum atomic E-state index is -4.88. The summed E-state index contributed by atoms with van der Waals surface area (Å²) in [6.45, 7) is 4.98. The first kappa shape index (κ1) is 32.9. The van der Waals surface area contributed by atoms with Crippen molar-refractivity contribution in [1.82, 2.24) is 19.4 Å². The normalized spacial score (nSPS) is 19.0. The quantitative estimate of drug-likeness (QED) is 0.485. The number of halogens is 3. The molecule has 2 aromatic rings. The Morgan fingerprint density at radius 3 is 2.20 bits per heavy atom. The van der Waals surface area contributed by atoms with E-state index >= 15 is 0 Å². The standard InChI is InChI=1S/C30H33F3N6O6S/c1-19-16-22(26(40)37-11-13-38(14-12-37)28(34)42)17-20(2)24(19)6-15-46(43,44)39-9-7-29(8-10-39)27(41)35-25(36-29)21-4-3-5-23(18-21)45-30(31,32)33/h3-6,15-18H,7-14H2,1-2H3,(H2,34,42)(H,35,36,41)/b15-6+. The molecule has 0 aliphatic carbocycles. The molecular weight excluding hydrogens is 629 g/mol. The van der Waals surface area contributed by atoms with Gasteiger partial charge in [-0.3, -0.25) is 14.6 Å². The molecular formula is C30H33F3N6O6S. The number of amidine groups is 1. The molecule has 3 aliphatic heterocycles. The van der Waals surface area contributed by atoms with E-state index in [-0.39, 0.29) is 43.2 Å². The first-order valence-corrected chi connectivity index (χ1v) is 16.0. The van der Waals surface area contributed by atoms with Crippen LogP contribution in [0.15, 0.2) is 46.8 Å². The molecule has 3 N–H and O–H groups in total. The highest BCUT2D eigenvalue weighted by Gasteiger charge is 2.47. The number of primary amides is 1. The van der Waals surface area contributed by atoms with Gasteiger partial charge >= 0.3 is 12.4 Å². The lowest BCUT2D eigenvalue weighted by Crippen LogP contribution is -2.52. The summed E-state index contributed by atoms with van der Waals surface area (Å²) < 4.78 is 69.7. The van der Waals surface area contributed by atoms with Crippen LogP contribution in [0.25, 0.3) is 6.08 Å². The van der Waals surface area contributed by atoms with Crippen molar-refractivity contribution >= 4 is 39.8 Å². The van der Waals surface area contributed by atoms with Crippen LogP contribution in [-0.2, 0) is 14.8 Å². The smallest absolute Gasteiger partial charge is 0.406 e. The molecule has 16 heteroatoms. The van der Waals surface area contributed by atoms with Crippen molar-refractivity contribution in [3.05, 3.63) is 69.6 Å². The van der Waals surface area contributed by atoms with Gasteiger partial charge in [-0.05, 0) is 73.7 Å². The molecule has 0 aromatic heterocycles. The van der Waals surface area contributed by atoms with Crippen LogP contribution < -0.4 is 15.8 Å². The van der Waals surface area contributed by atoms with E-state index in [0.29, 0.717) is 48.4 Å². The van der Waals surface area contributed by atoms with Crippen LogP contribution in [-0.4, -0.2) is 97.4 Å². The van der Waals surface area contributed by atoms with E-state index in [1.54, 1.807) is 30.9 Å². The van der Waals surface area contributed by atoms with Crippen molar-refractivity contribution in [3.8, 4) is 5.75 Å². The summed E-state index contributed by atoms with van der Waals surface area (Å²) in [7, 11) is -3.89. The lowest BCUT2D eigenvalue weighted by atomic mass is 9.89. The Morgan fingerprint density at radius 2 is 1.61 bits per heavy atom. The fraction of sp³-hybridized carbons (Fsp3) is 0.400. The molecule has 4 amide bonds. The molecule has 3 heterocycles. The van der Waals surface area contributed by atoms with Gasteiger partial charge in [0, 0.05) is 55.8 Å². The fourth-order valence-corrected chi connectivity index (χ4v) is 7.03. The minimum Gasteiger partial charge on any atom is -0.406 e. The molecule has 2 aromatic carbocycles. The van der Waals surface area contributed by atoms with E-state index in [0.717, 1.165) is 17.5 Å². The monoisotopic (exact) mass is 662 g/mol. The number of nitrogens with two attached hydrogens (primary N) is 1. The molecule has 2 fully saturated rings. The number of piperazine rings is 1. The fourth-order valence-electron chi connectivity index (χ4n) is 5.86. The maximum absolute atomic E-state index is 13.3. The first-order chi connectivity index (χ1) is 21.6. The lowest BCUT2D eigenvalue weighted by molar-refractivity contribution is -0.274. The molecule has 0 unspecified atom stereocenters. The largest absolute Gasteiger partial charge is 0.573 e. The highest BCUT2D eigenvalue weighted by molar-refractivity contribution is 7.92. The van der Waals surface area contributed by atoms with E-state index in [9.17, 15) is 36.0 Å². The summed E-state index contributed by atoms with van der Waals surface area (Å²) in [6.07, 6.45) is -3.23. The van der Waals surface area contributed by atoms with Crippen molar-refractivity contribution in [3.63, 3.8) is 0 Å². The van der Waals surface area contributed by atoms with Crippen LogP contribution in [0, 0.1) is 13.8 Å². The molecule has 3 aliphatic rings. The number of aliphatic imine (C=N–C) groups is 1. The number of piperidine rings is 1. The van der Waals surface area contributed by atoms with Gasteiger partial charge in [0.05, 0.1) is 0 Å². The maximum Gasteiger partial charge on any atom is 0.573 e. The Hall–Kier alpha value is -4.44. The Bertz CT molecular complexity index is 1700. The molecule has 0 saturated carbocycles. The van der Waals surface area contributed by atoms with Gasteiger partial charge in [0.1, 0.15) is 17.1 Å². The number of sulfonamides is 1. The van der Waals surface area contributed by atoms with Crippen LogP contribution >= 0.6 is 0 Å². The van der Waals surface area contributed by atoms with Gasteiger partial charge in [-0.1, -0.05) is 12.1 Å². The number of urea groups is 1. The van der Waals surface area contributed by atoms with Crippen LogP contribution in [0.2, 0.25) is 0 Å². The van der Waals surface area contributed by atoms with E-state index in [2.05, 4.69) is 15.0 Å². The van der Waals surface area contributed by atoms with E-state index in [1.807, 2.05) is 0 Å². The number of ether oxygens (including phenoxy) is 1. The molecule has 2 saturated heterocycles. The first-order valence-electron chi connectivity index (χ1n) is 14.5. The Labute approximate surface area is 263 Å². The molecule has 46 heavy (non-hydrogen) atoms. The number of nitrogens with zero attached hydrogens (tertiary/aromatic N) is 4. The zero-order chi connectivity index (χ0) is 33.4. The Balaban J connectivity index is 1.24. The second-order valence-electron chi connectivity index (χ2n) is 11.4. The van der Waals surface area contributed by atoms with Crippen molar-refractivity contribution in [2.75, 3.05) is 39.3 Å². The van der Waals surface area contributed by atoms with Crippen molar-refractivity contribution in [2.24, 2.45) is 10.7 Å². The molecule has 1 spiro atoms. The van der Waals surface area contributed by atoms with Crippen LogP contribution in [0.4, 0.5) is 18.0 Å². The highest BCUT2D eigenvalue weighted by Crippen LogP contribution is 2.33. The second-order valence-corrected chi connectivity index (χ2v) is 13.2. The number of hydrogen-bond acceptors (Lipinski definition) is 7. The third-order valence-electron chi connectivity index (χ3n) is 8.36. The average molecular weight is 663 g/mol. The summed E-state index contributed by atoms with van der Waals surface area (Å²) in [5, 5.41) is 3.72. The third kappa shape index (κ3) is 7.02. The lowest BCUT2D eigenvalue weighted by Gasteiger charge is -2.34. The summed E-state index contributed by atoms with van der Waals surface area (Å²) >= 11 is 0. The predicted octanol–water partition coefficient (Wildman–Crippen LogP) is 2.75. The second kappa shape index (κ2) is 12.4. The number of hydrogen-bond donors (Lipinski definition) is 2. The molecule has 0 bridgehead atoms. The average Bonchev–Trinajstić information content (AvgIpc) is 3.30. The molecule has 12 nitrogen and oxygen atoms in total. The number of carbonyl (C=O) groups excluding carboxylic acids is 3. The van der Waals surface area contributed by atoms with Gasteiger partial charge in [-0.2, -0.15) is 4.31 Å². The van der Waals surface area contributed by atoms with Gasteiger partial charge in [0.15, 0.2) is 0 Å². The van der Waals surface area contributed by atoms with Crippen LogP contribution in [0.1, 0.15) is 45.5 Å².